The number of rotatable bonds is 1. The highest BCUT2D eigenvalue weighted by Crippen LogP contribution is 2.64. The third-order valence-corrected chi connectivity index (χ3v) is 7.48. The van der Waals surface area contributed by atoms with Crippen LogP contribution in [0.25, 0.3) is 0 Å². The van der Waals surface area contributed by atoms with Crippen molar-refractivity contribution in [2.45, 2.75) is 84.0 Å². The van der Waals surface area contributed by atoms with E-state index in [1.807, 2.05) is 0 Å². The number of aliphatic hydroxyl groups is 1. The molecule has 4 heteroatoms. The number of fused-ring (bicyclic) bond motifs is 3. The van der Waals surface area contributed by atoms with Crippen LogP contribution in [0.15, 0.2) is 11.1 Å². The predicted octanol–water partition coefficient (Wildman–Crippen LogP) is 2.97. The topological polar surface area (TPSA) is 66.9 Å². The normalized spacial score (nSPS) is 43.9. The van der Waals surface area contributed by atoms with Gasteiger partial charge in [0.1, 0.15) is 5.60 Å². The van der Waals surface area contributed by atoms with Gasteiger partial charge in [0.25, 0.3) is 0 Å². The van der Waals surface area contributed by atoms with Gasteiger partial charge in [-0.3, -0.25) is 9.59 Å². The molecule has 0 aromatic heterocycles. The molecule has 0 unspecified atom stereocenters. The molecule has 3 aliphatic carbocycles. The van der Waals surface area contributed by atoms with Crippen molar-refractivity contribution in [3.05, 3.63) is 11.1 Å². The summed E-state index contributed by atoms with van der Waals surface area (Å²) in [5.41, 5.74) is -0.816. The monoisotopic (exact) mass is 332 g/mol. The van der Waals surface area contributed by atoms with E-state index in [1.54, 1.807) is 13.8 Å². The molecule has 0 aromatic carbocycles. The fourth-order valence-electron chi connectivity index (χ4n) is 5.98. The summed E-state index contributed by atoms with van der Waals surface area (Å²) in [6.45, 7) is 9.99. The van der Waals surface area contributed by atoms with E-state index in [2.05, 4.69) is 20.8 Å². The summed E-state index contributed by atoms with van der Waals surface area (Å²) in [5, 5.41) is 10.5. The van der Waals surface area contributed by atoms with Crippen molar-refractivity contribution in [1.82, 2.24) is 0 Å². The molecule has 1 aliphatic heterocycles. The number of ketones is 2. The average Bonchev–Trinajstić information content (AvgIpc) is 3.17. The zero-order valence-electron chi connectivity index (χ0n) is 15.4. The van der Waals surface area contributed by atoms with Crippen LogP contribution in [0.2, 0.25) is 0 Å². The van der Waals surface area contributed by atoms with Gasteiger partial charge in [-0.25, -0.2) is 0 Å². The molecule has 0 spiro atoms. The van der Waals surface area contributed by atoms with E-state index in [-0.39, 0.29) is 28.3 Å². The Morgan fingerprint density at radius 1 is 1.17 bits per heavy atom. The van der Waals surface area contributed by atoms with Crippen molar-refractivity contribution in [3.8, 4) is 0 Å². The minimum atomic E-state index is -1.13. The maximum Gasteiger partial charge on any atom is 0.191 e. The van der Waals surface area contributed by atoms with Gasteiger partial charge < -0.3 is 9.84 Å². The molecule has 0 aromatic rings. The lowest BCUT2D eigenvalue weighted by molar-refractivity contribution is -0.128. The van der Waals surface area contributed by atoms with Crippen molar-refractivity contribution in [1.29, 1.82) is 0 Å². The molecule has 4 rings (SSSR count). The molecule has 0 bridgehead atoms. The summed E-state index contributed by atoms with van der Waals surface area (Å²) in [4.78, 5) is 26.2. The smallest absolute Gasteiger partial charge is 0.191 e. The lowest BCUT2D eigenvalue weighted by Crippen LogP contribution is -2.54. The predicted molar refractivity (Wildman–Crippen MR) is 89.4 cm³/mol. The Bertz CT molecular complexity index is 680. The first-order valence-electron chi connectivity index (χ1n) is 9.15. The maximum atomic E-state index is 13.2. The van der Waals surface area contributed by atoms with Crippen molar-refractivity contribution >= 4 is 11.6 Å². The van der Waals surface area contributed by atoms with Crippen LogP contribution < -0.4 is 0 Å². The number of ether oxygens (including phenoxy) is 1. The largest absolute Gasteiger partial charge is 0.387 e. The molecule has 4 nitrogen and oxygen atoms in total. The van der Waals surface area contributed by atoms with Crippen LogP contribution in [0.1, 0.15) is 66.7 Å². The van der Waals surface area contributed by atoms with Crippen molar-refractivity contribution < 1.29 is 19.4 Å². The molecule has 1 saturated carbocycles. The summed E-state index contributed by atoms with van der Waals surface area (Å²) in [7, 11) is 0. The van der Waals surface area contributed by atoms with Crippen molar-refractivity contribution in [2.75, 3.05) is 0 Å². The Labute approximate surface area is 143 Å². The fraction of sp³-hybridized carbons (Fsp3) is 0.800. The van der Waals surface area contributed by atoms with Crippen molar-refractivity contribution in [2.24, 2.45) is 16.7 Å². The molecule has 0 amide bonds. The summed E-state index contributed by atoms with van der Waals surface area (Å²) < 4.78 is 5.77. The average molecular weight is 332 g/mol. The van der Waals surface area contributed by atoms with Crippen LogP contribution >= 0.6 is 0 Å². The zero-order chi connectivity index (χ0) is 17.7. The minimum Gasteiger partial charge on any atom is -0.387 e. The quantitative estimate of drug-likeness (QED) is 0.750. The molecule has 1 N–H and O–H groups in total. The number of epoxide rings is 1. The first-order valence-corrected chi connectivity index (χ1v) is 9.15. The van der Waals surface area contributed by atoms with Crippen LogP contribution in [0.4, 0.5) is 0 Å². The third kappa shape index (κ3) is 1.82. The van der Waals surface area contributed by atoms with Crippen LogP contribution in [0, 0.1) is 16.7 Å². The van der Waals surface area contributed by atoms with Crippen LogP contribution in [-0.2, 0) is 14.3 Å². The Kier molecular flexibility index (Phi) is 3.01. The lowest BCUT2D eigenvalue weighted by atomic mass is 9.48. The highest BCUT2D eigenvalue weighted by molar-refractivity contribution is 6.13. The highest BCUT2D eigenvalue weighted by atomic mass is 16.6. The van der Waals surface area contributed by atoms with E-state index in [0.29, 0.717) is 18.4 Å². The molecular formula is C20H28O4. The molecule has 2 fully saturated rings. The van der Waals surface area contributed by atoms with E-state index >= 15 is 0 Å². The molecule has 0 radical (unpaired) electrons. The number of carbonyl (C=O) groups is 2. The number of carbonyl (C=O) groups excluding carboxylic acids is 2. The number of hydrogen-bond donors (Lipinski definition) is 1. The van der Waals surface area contributed by atoms with Gasteiger partial charge >= 0.3 is 0 Å². The number of Topliss-reactive ketones (excluding diaryl/α,β-unsaturated/α-hetero) is 2. The van der Waals surface area contributed by atoms with Crippen molar-refractivity contribution in [3.63, 3.8) is 0 Å². The lowest BCUT2D eigenvalue weighted by Gasteiger charge is -2.55. The van der Waals surface area contributed by atoms with Gasteiger partial charge in [0.05, 0.1) is 5.60 Å². The van der Waals surface area contributed by atoms with Gasteiger partial charge in [-0.05, 0) is 38.0 Å². The Morgan fingerprint density at radius 2 is 1.83 bits per heavy atom. The SMILES string of the molecule is CC1(C)CCC[C@]2(C)C3=C(C[C@]4(C(C)(C)O)O[C@@H]4C3=O)C(=O)C[C@@H]12. The first kappa shape index (κ1) is 16.5. The molecule has 1 saturated heterocycles. The maximum absolute atomic E-state index is 13.2. The molecule has 4 atom stereocenters. The van der Waals surface area contributed by atoms with Gasteiger partial charge in [-0.15, -0.1) is 0 Å². The van der Waals surface area contributed by atoms with Crippen LogP contribution in [0.5, 0.6) is 0 Å². The molecule has 4 aliphatic rings. The van der Waals surface area contributed by atoms with E-state index in [1.165, 1.54) is 0 Å². The summed E-state index contributed by atoms with van der Waals surface area (Å²) >= 11 is 0. The third-order valence-electron chi connectivity index (χ3n) is 7.48. The first-order chi connectivity index (χ1) is 10.9. The van der Waals surface area contributed by atoms with E-state index in [9.17, 15) is 14.7 Å². The Hall–Kier alpha value is -1.00. The minimum absolute atomic E-state index is 0.0448. The number of hydrogen-bond acceptors (Lipinski definition) is 4. The highest BCUT2D eigenvalue weighted by Gasteiger charge is 2.73. The second-order valence-corrected chi connectivity index (χ2v) is 9.78. The van der Waals surface area contributed by atoms with Crippen LogP contribution in [-0.4, -0.2) is 34.0 Å². The second kappa shape index (κ2) is 4.39. The second-order valence-electron chi connectivity index (χ2n) is 9.78. The molecule has 24 heavy (non-hydrogen) atoms. The van der Waals surface area contributed by atoms with Gasteiger partial charge in [0.15, 0.2) is 17.7 Å². The molecule has 132 valence electrons. The van der Waals surface area contributed by atoms with E-state index in [0.717, 1.165) is 24.8 Å². The molecular weight excluding hydrogens is 304 g/mol. The standard InChI is InChI=1S/C20H28O4/c1-17(2)7-6-8-19(5)13(17)9-12(21)11-10-20(18(3,4)23)16(24-20)15(22)14(11)19/h13,16,23H,6-10H2,1-5H3/t13-,16+,19-,20-/m0/s1. The fourth-order valence-corrected chi connectivity index (χ4v) is 5.98. The summed E-state index contributed by atoms with van der Waals surface area (Å²) in [6.07, 6.45) is 3.46. The van der Waals surface area contributed by atoms with Gasteiger partial charge in [-0.2, -0.15) is 0 Å². The van der Waals surface area contributed by atoms with Gasteiger partial charge in [-0.1, -0.05) is 27.2 Å². The zero-order valence-corrected chi connectivity index (χ0v) is 15.4. The van der Waals surface area contributed by atoms with Crippen LogP contribution in [0.3, 0.4) is 0 Å². The van der Waals surface area contributed by atoms with E-state index < -0.39 is 17.3 Å². The van der Waals surface area contributed by atoms with E-state index in [4.69, 9.17) is 4.74 Å². The summed E-state index contributed by atoms with van der Waals surface area (Å²) in [5.74, 6) is 0.257. The Morgan fingerprint density at radius 3 is 2.46 bits per heavy atom. The molecule has 1 heterocycles. The Balaban J connectivity index is 1.85. The van der Waals surface area contributed by atoms with Gasteiger partial charge in [0.2, 0.25) is 0 Å². The summed E-state index contributed by atoms with van der Waals surface area (Å²) in [6, 6.07) is 0. The van der Waals surface area contributed by atoms with Gasteiger partial charge in [0, 0.05) is 29.4 Å².